The van der Waals surface area contributed by atoms with Crippen LogP contribution >= 0.6 is 0 Å². The van der Waals surface area contributed by atoms with E-state index in [1.165, 1.54) is 12.8 Å². The van der Waals surface area contributed by atoms with E-state index in [2.05, 4.69) is 40.3 Å². The normalized spacial score (nSPS) is 15.6. The lowest BCUT2D eigenvalue weighted by atomic mass is 10.2. The number of aromatic nitrogens is 4. The van der Waals surface area contributed by atoms with E-state index < -0.39 is 0 Å². The highest BCUT2D eigenvalue weighted by atomic mass is 16.5. The minimum atomic E-state index is 0.335. The van der Waals surface area contributed by atoms with Crippen molar-refractivity contribution in [2.24, 2.45) is 0 Å². The quantitative estimate of drug-likeness (QED) is 0.851. The smallest absolute Gasteiger partial charge is 0.252 e. The van der Waals surface area contributed by atoms with Crippen LogP contribution in [0.4, 0.5) is 5.82 Å². The summed E-state index contributed by atoms with van der Waals surface area (Å²) in [5.41, 5.74) is 1.13. The number of nitrogens with zero attached hydrogens (tertiary/aromatic N) is 4. The molecular formula is C16H23N5O. The molecule has 1 aliphatic carbocycles. The van der Waals surface area contributed by atoms with Crippen LogP contribution in [0.5, 0.6) is 5.75 Å². The molecule has 2 aromatic heterocycles. The van der Waals surface area contributed by atoms with Crippen LogP contribution < -0.4 is 10.1 Å². The number of hydrogen-bond acceptors (Lipinski definition) is 5. The minimum Gasteiger partial charge on any atom is -0.491 e. The molecule has 118 valence electrons. The van der Waals surface area contributed by atoms with Crippen LogP contribution in [0.25, 0.3) is 5.95 Å². The summed E-state index contributed by atoms with van der Waals surface area (Å²) in [5.74, 6) is 2.57. The maximum atomic E-state index is 5.35. The molecule has 6 heteroatoms. The number of hydrogen-bond donors (Lipinski definition) is 1. The molecule has 6 nitrogen and oxygen atoms in total. The molecule has 1 unspecified atom stereocenters. The minimum absolute atomic E-state index is 0.335. The van der Waals surface area contributed by atoms with Gasteiger partial charge in [-0.1, -0.05) is 13.3 Å². The number of anilines is 1. The Kier molecular flexibility index (Phi) is 4.27. The highest BCUT2D eigenvalue weighted by Crippen LogP contribution is 2.39. The first-order valence-corrected chi connectivity index (χ1v) is 7.94. The molecule has 1 N–H and O–H groups in total. The van der Waals surface area contributed by atoms with Gasteiger partial charge in [0.05, 0.1) is 19.0 Å². The molecule has 22 heavy (non-hydrogen) atoms. The van der Waals surface area contributed by atoms with E-state index in [0.29, 0.717) is 23.7 Å². The first kappa shape index (κ1) is 14.8. The van der Waals surface area contributed by atoms with Crippen molar-refractivity contribution in [2.75, 3.05) is 12.4 Å². The predicted molar refractivity (Wildman–Crippen MR) is 85.7 cm³/mol. The molecule has 1 fully saturated rings. The molecule has 1 saturated carbocycles. The lowest BCUT2D eigenvalue weighted by molar-refractivity contribution is 0.411. The zero-order valence-corrected chi connectivity index (χ0v) is 13.4. The predicted octanol–water partition coefficient (Wildman–Crippen LogP) is 3.15. The van der Waals surface area contributed by atoms with Crippen molar-refractivity contribution in [2.45, 2.75) is 51.5 Å². The van der Waals surface area contributed by atoms with E-state index in [9.17, 15) is 0 Å². The van der Waals surface area contributed by atoms with Crippen molar-refractivity contribution in [1.29, 1.82) is 0 Å². The molecule has 1 atom stereocenters. The fourth-order valence-corrected chi connectivity index (χ4v) is 2.51. The third-order valence-corrected chi connectivity index (χ3v) is 3.88. The second-order valence-corrected chi connectivity index (χ2v) is 5.88. The monoisotopic (exact) mass is 301 g/mol. The zero-order valence-electron chi connectivity index (χ0n) is 13.4. The third-order valence-electron chi connectivity index (χ3n) is 3.88. The first-order valence-electron chi connectivity index (χ1n) is 7.94. The van der Waals surface area contributed by atoms with E-state index in [-0.39, 0.29) is 0 Å². The van der Waals surface area contributed by atoms with Crippen molar-refractivity contribution < 1.29 is 4.74 Å². The van der Waals surface area contributed by atoms with Crippen LogP contribution in [0.3, 0.4) is 0 Å². The average Bonchev–Trinajstić information content (AvgIpc) is 3.25. The van der Waals surface area contributed by atoms with Crippen LogP contribution in [0.1, 0.15) is 51.1 Å². The van der Waals surface area contributed by atoms with Gasteiger partial charge in [-0.15, -0.1) is 0 Å². The molecule has 0 saturated heterocycles. The summed E-state index contributed by atoms with van der Waals surface area (Å²) < 4.78 is 7.09. The van der Waals surface area contributed by atoms with Gasteiger partial charge >= 0.3 is 0 Å². The maximum Gasteiger partial charge on any atom is 0.252 e. The van der Waals surface area contributed by atoms with Crippen LogP contribution in [-0.4, -0.2) is 32.9 Å². The van der Waals surface area contributed by atoms with Crippen molar-refractivity contribution in [3.8, 4) is 11.7 Å². The van der Waals surface area contributed by atoms with Crippen LogP contribution in [0, 0.1) is 0 Å². The van der Waals surface area contributed by atoms with Crippen LogP contribution in [0.15, 0.2) is 18.5 Å². The Morgan fingerprint density at radius 1 is 1.45 bits per heavy atom. The lowest BCUT2D eigenvalue weighted by Gasteiger charge is -2.16. The van der Waals surface area contributed by atoms with Gasteiger partial charge in [0.1, 0.15) is 0 Å². The Balaban J connectivity index is 1.84. The van der Waals surface area contributed by atoms with Crippen molar-refractivity contribution in [1.82, 2.24) is 19.7 Å². The van der Waals surface area contributed by atoms with E-state index in [1.807, 2.05) is 6.20 Å². The summed E-state index contributed by atoms with van der Waals surface area (Å²) >= 11 is 0. The molecule has 0 radical (unpaired) electrons. The zero-order chi connectivity index (χ0) is 15.5. The van der Waals surface area contributed by atoms with Crippen molar-refractivity contribution >= 4 is 5.82 Å². The Labute approximate surface area is 130 Å². The third kappa shape index (κ3) is 3.21. The van der Waals surface area contributed by atoms with Gasteiger partial charge in [-0.05, 0) is 32.3 Å². The molecule has 0 bridgehead atoms. The summed E-state index contributed by atoms with van der Waals surface area (Å²) in [6, 6.07) is 2.39. The van der Waals surface area contributed by atoms with Gasteiger partial charge in [0.15, 0.2) is 11.6 Å². The van der Waals surface area contributed by atoms with E-state index in [0.717, 1.165) is 24.4 Å². The molecule has 0 aliphatic heterocycles. The van der Waals surface area contributed by atoms with Gasteiger partial charge < -0.3 is 10.1 Å². The fourth-order valence-electron chi connectivity index (χ4n) is 2.51. The van der Waals surface area contributed by atoms with Gasteiger partial charge in [0, 0.05) is 18.2 Å². The summed E-state index contributed by atoms with van der Waals surface area (Å²) in [4.78, 5) is 8.93. The second-order valence-electron chi connectivity index (χ2n) is 5.88. The average molecular weight is 301 g/mol. The number of rotatable bonds is 7. The topological polar surface area (TPSA) is 64.9 Å². The fraction of sp³-hybridized carbons (Fsp3) is 0.562. The van der Waals surface area contributed by atoms with Gasteiger partial charge in [-0.3, -0.25) is 0 Å². The molecule has 2 heterocycles. The van der Waals surface area contributed by atoms with E-state index >= 15 is 0 Å². The summed E-state index contributed by atoms with van der Waals surface area (Å²) in [6.07, 6.45) is 8.30. The van der Waals surface area contributed by atoms with Crippen LogP contribution in [0.2, 0.25) is 0 Å². The number of nitrogens with one attached hydrogen (secondary N) is 1. The SMILES string of the molecule is CCCC(C)Nc1nc(-n2ccc(C3CC3)n2)ncc1OC. The Hall–Kier alpha value is -2.11. The molecule has 2 aromatic rings. The first-order chi connectivity index (χ1) is 10.7. The Bertz CT molecular complexity index is 635. The highest BCUT2D eigenvalue weighted by Gasteiger charge is 2.26. The van der Waals surface area contributed by atoms with E-state index in [4.69, 9.17) is 4.74 Å². The standard InChI is InChI=1S/C16H23N5O/c1-4-5-11(2)18-15-14(22-3)10-17-16(19-15)21-9-8-13(20-21)12-6-7-12/h8-12H,4-7H2,1-3H3,(H,17,18,19). The number of ether oxygens (including phenoxy) is 1. The molecule has 3 rings (SSSR count). The second kappa shape index (κ2) is 6.34. The molecule has 1 aliphatic rings. The maximum absolute atomic E-state index is 5.35. The summed E-state index contributed by atoms with van der Waals surface area (Å²) in [5, 5.41) is 7.97. The van der Waals surface area contributed by atoms with Gasteiger partial charge in [0.25, 0.3) is 5.95 Å². The Morgan fingerprint density at radius 3 is 2.95 bits per heavy atom. The van der Waals surface area contributed by atoms with Crippen molar-refractivity contribution in [3.05, 3.63) is 24.2 Å². The van der Waals surface area contributed by atoms with Gasteiger partial charge in [-0.2, -0.15) is 10.1 Å². The lowest BCUT2D eigenvalue weighted by Crippen LogP contribution is -2.17. The largest absolute Gasteiger partial charge is 0.491 e. The summed E-state index contributed by atoms with van der Waals surface area (Å²) in [6.45, 7) is 4.31. The van der Waals surface area contributed by atoms with Crippen LogP contribution in [-0.2, 0) is 0 Å². The molecule has 0 amide bonds. The summed E-state index contributed by atoms with van der Waals surface area (Å²) in [7, 11) is 1.63. The Morgan fingerprint density at radius 2 is 2.27 bits per heavy atom. The van der Waals surface area contributed by atoms with Gasteiger partial charge in [0.2, 0.25) is 0 Å². The molecule has 0 spiro atoms. The number of methoxy groups -OCH3 is 1. The van der Waals surface area contributed by atoms with E-state index in [1.54, 1.807) is 18.0 Å². The molecule has 0 aromatic carbocycles. The molecular weight excluding hydrogens is 278 g/mol. The van der Waals surface area contributed by atoms with Gasteiger partial charge in [-0.25, -0.2) is 9.67 Å². The highest BCUT2D eigenvalue weighted by molar-refractivity contribution is 5.50. The van der Waals surface area contributed by atoms with Crippen molar-refractivity contribution in [3.63, 3.8) is 0 Å².